The second kappa shape index (κ2) is 4.30. The maximum atomic E-state index is 11.8. The maximum absolute atomic E-state index is 11.8. The Labute approximate surface area is 90.3 Å². The molecule has 0 aliphatic carbocycles. The minimum atomic E-state index is -4.59. The van der Waals surface area contributed by atoms with Crippen LogP contribution in [0.25, 0.3) is 0 Å². The van der Waals surface area contributed by atoms with E-state index in [1.807, 2.05) is 0 Å². The van der Waals surface area contributed by atoms with Crippen molar-refractivity contribution in [2.24, 2.45) is 0 Å². The molecule has 8 heteroatoms. The lowest BCUT2D eigenvalue weighted by Gasteiger charge is -2.09. The Hall–Kier alpha value is -1.28. The molecular formula is C8H9F3N2O2S. The molecule has 0 atom stereocenters. The van der Waals surface area contributed by atoms with Crippen LogP contribution in [0.3, 0.4) is 0 Å². The molecule has 90 valence electrons. The van der Waals surface area contributed by atoms with Crippen LogP contribution in [0.15, 0.2) is 29.2 Å². The van der Waals surface area contributed by atoms with Crippen molar-refractivity contribution < 1.29 is 21.6 Å². The van der Waals surface area contributed by atoms with E-state index in [4.69, 9.17) is 5.73 Å². The van der Waals surface area contributed by atoms with E-state index < -0.39 is 22.7 Å². The summed E-state index contributed by atoms with van der Waals surface area (Å²) in [6.07, 6.45) is -4.59. The number of nitrogens with one attached hydrogen (secondary N) is 1. The highest BCUT2D eigenvalue weighted by Crippen LogP contribution is 2.16. The molecular weight excluding hydrogens is 245 g/mol. The molecule has 0 bridgehead atoms. The average molecular weight is 254 g/mol. The minimum Gasteiger partial charge on any atom is -0.399 e. The summed E-state index contributed by atoms with van der Waals surface area (Å²) < 4.78 is 59.7. The van der Waals surface area contributed by atoms with Gasteiger partial charge in [-0.3, -0.25) is 0 Å². The third-order valence-electron chi connectivity index (χ3n) is 1.63. The van der Waals surface area contributed by atoms with Crippen LogP contribution in [0.4, 0.5) is 18.9 Å². The number of anilines is 1. The van der Waals surface area contributed by atoms with E-state index in [0.717, 1.165) is 12.1 Å². The quantitative estimate of drug-likeness (QED) is 0.794. The molecule has 1 aromatic carbocycles. The Balaban J connectivity index is 2.87. The molecule has 4 nitrogen and oxygen atoms in total. The number of rotatable bonds is 3. The van der Waals surface area contributed by atoms with Crippen molar-refractivity contribution in [3.05, 3.63) is 24.3 Å². The molecule has 1 aromatic rings. The zero-order chi connectivity index (χ0) is 12.4. The van der Waals surface area contributed by atoms with Crippen molar-refractivity contribution in [2.45, 2.75) is 11.1 Å². The monoisotopic (exact) mass is 254 g/mol. The van der Waals surface area contributed by atoms with Crippen LogP contribution in [0.5, 0.6) is 0 Å². The molecule has 3 N–H and O–H groups in total. The number of alkyl halides is 3. The van der Waals surface area contributed by atoms with Gasteiger partial charge in [0.1, 0.15) is 6.54 Å². The summed E-state index contributed by atoms with van der Waals surface area (Å²) in [5, 5.41) is 0. The molecule has 0 aliphatic rings. The van der Waals surface area contributed by atoms with Crippen molar-refractivity contribution in [1.82, 2.24) is 4.72 Å². The van der Waals surface area contributed by atoms with Gasteiger partial charge in [0.2, 0.25) is 10.0 Å². The molecule has 0 radical (unpaired) electrons. The van der Waals surface area contributed by atoms with Gasteiger partial charge < -0.3 is 5.73 Å². The van der Waals surface area contributed by atoms with E-state index >= 15 is 0 Å². The number of halogens is 3. The van der Waals surface area contributed by atoms with Crippen molar-refractivity contribution in [3.63, 3.8) is 0 Å². The van der Waals surface area contributed by atoms with E-state index in [0.29, 0.717) is 0 Å². The predicted molar refractivity (Wildman–Crippen MR) is 52.1 cm³/mol. The van der Waals surface area contributed by atoms with Crippen molar-refractivity contribution in [3.8, 4) is 0 Å². The van der Waals surface area contributed by atoms with Crippen molar-refractivity contribution >= 4 is 15.7 Å². The van der Waals surface area contributed by atoms with Gasteiger partial charge in [-0.2, -0.15) is 13.2 Å². The number of hydrogen-bond donors (Lipinski definition) is 2. The summed E-state index contributed by atoms with van der Waals surface area (Å²) in [5.74, 6) is 0. The molecule has 0 spiro atoms. The van der Waals surface area contributed by atoms with Gasteiger partial charge in [0.25, 0.3) is 0 Å². The van der Waals surface area contributed by atoms with Crippen LogP contribution in [0.1, 0.15) is 0 Å². The smallest absolute Gasteiger partial charge is 0.399 e. The van der Waals surface area contributed by atoms with Crippen LogP contribution < -0.4 is 10.5 Å². The Bertz CT molecular complexity index is 470. The lowest BCUT2D eigenvalue weighted by atomic mass is 10.3. The molecule has 0 amide bonds. The highest BCUT2D eigenvalue weighted by Gasteiger charge is 2.29. The normalized spacial score (nSPS) is 12.7. The summed E-state index contributed by atoms with van der Waals surface area (Å²) in [6, 6.07) is 5.02. The minimum absolute atomic E-state index is 0.162. The third-order valence-corrected chi connectivity index (χ3v) is 3.03. The average Bonchev–Trinajstić information content (AvgIpc) is 2.14. The van der Waals surface area contributed by atoms with E-state index in [2.05, 4.69) is 0 Å². The van der Waals surface area contributed by atoms with Gasteiger partial charge in [0.15, 0.2) is 0 Å². The van der Waals surface area contributed by atoms with E-state index in [-0.39, 0.29) is 10.6 Å². The molecule has 0 saturated carbocycles. The molecule has 0 saturated heterocycles. The summed E-state index contributed by atoms with van der Waals surface area (Å²) in [5.41, 5.74) is 5.48. The van der Waals surface area contributed by atoms with Crippen LogP contribution in [-0.2, 0) is 10.0 Å². The molecule has 1 rings (SSSR count). The Morgan fingerprint density at radius 1 is 1.31 bits per heavy atom. The van der Waals surface area contributed by atoms with Gasteiger partial charge in [-0.1, -0.05) is 6.07 Å². The van der Waals surface area contributed by atoms with Gasteiger partial charge in [-0.05, 0) is 18.2 Å². The van der Waals surface area contributed by atoms with Crippen molar-refractivity contribution in [2.75, 3.05) is 12.3 Å². The Kier molecular flexibility index (Phi) is 3.44. The van der Waals surface area contributed by atoms with Gasteiger partial charge in [0, 0.05) is 5.69 Å². The fourth-order valence-electron chi connectivity index (χ4n) is 0.942. The van der Waals surface area contributed by atoms with Gasteiger partial charge in [0.05, 0.1) is 4.90 Å². The lowest BCUT2D eigenvalue weighted by Crippen LogP contribution is -2.33. The summed E-state index contributed by atoms with van der Waals surface area (Å²) in [6.45, 7) is -1.61. The van der Waals surface area contributed by atoms with Crippen LogP contribution in [0.2, 0.25) is 0 Å². The first-order valence-corrected chi connectivity index (χ1v) is 5.61. The first-order chi connectivity index (χ1) is 7.21. The highest BCUT2D eigenvalue weighted by atomic mass is 32.2. The molecule has 0 heterocycles. The number of nitrogens with two attached hydrogens (primary N) is 1. The summed E-state index contributed by atoms with van der Waals surface area (Å²) in [7, 11) is -4.17. The molecule has 0 fully saturated rings. The number of sulfonamides is 1. The van der Waals surface area contributed by atoms with E-state index in [1.54, 1.807) is 0 Å². The zero-order valence-electron chi connectivity index (χ0n) is 7.95. The predicted octanol–water partition coefficient (Wildman–Crippen LogP) is 1.11. The van der Waals surface area contributed by atoms with E-state index in [9.17, 15) is 21.6 Å². The van der Waals surface area contributed by atoms with Crippen LogP contribution >= 0.6 is 0 Å². The standard InChI is InChI=1S/C8H9F3N2O2S/c9-8(10,11)5-13-16(14,15)7-3-1-2-6(12)4-7/h1-4,13H,5,12H2. The van der Waals surface area contributed by atoms with Crippen molar-refractivity contribution in [1.29, 1.82) is 0 Å². The fourth-order valence-corrected chi connectivity index (χ4v) is 2.01. The van der Waals surface area contributed by atoms with E-state index in [1.165, 1.54) is 16.9 Å². The topological polar surface area (TPSA) is 72.2 Å². The SMILES string of the molecule is Nc1cccc(S(=O)(=O)NCC(F)(F)F)c1. The molecule has 0 aliphatic heterocycles. The first-order valence-electron chi connectivity index (χ1n) is 4.13. The molecule has 0 aromatic heterocycles. The largest absolute Gasteiger partial charge is 0.402 e. The maximum Gasteiger partial charge on any atom is 0.402 e. The first kappa shape index (κ1) is 12.8. The van der Waals surface area contributed by atoms with Crippen LogP contribution in [-0.4, -0.2) is 21.1 Å². The molecule has 16 heavy (non-hydrogen) atoms. The van der Waals surface area contributed by atoms with Gasteiger partial charge in [-0.25, -0.2) is 13.1 Å². The number of nitrogen functional groups attached to an aromatic ring is 1. The van der Waals surface area contributed by atoms with Gasteiger partial charge in [-0.15, -0.1) is 0 Å². The Morgan fingerprint density at radius 2 is 1.94 bits per heavy atom. The number of benzene rings is 1. The molecule has 0 unspecified atom stereocenters. The van der Waals surface area contributed by atoms with Crippen LogP contribution in [0, 0.1) is 0 Å². The second-order valence-corrected chi connectivity index (χ2v) is 4.78. The summed E-state index contributed by atoms with van der Waals surface area (Å²) in [4.78, 5) is -0.295. The highest BCUT2D eigenvalue weighted by molar-refractivity contribution is 7.89. The second-order valence-electron chi connectivity index (χ2n) is 3.01. The zero-order valence-corrected chi connectivity index (χ0v) is 8.77. The summed E-state index contributed by atoms with van der Waals surface area (Å²) >= 11 is 0. The third kappa shape index (κ3) is 3.70. The van der Waals surface area contributed by atoms with Gasteiger partial charge >= 0.3 is 6.18 Å². The fraction of sp³-hybridized carbons (Fsp3) is 0.250. The number of hydrogen-bond acceptors (Lipinski definition) is 3. The lowest BCUT2D eigenvalue weighted by molar-refractivity contribution is -0.121. The Morgan fingerprint density at radius 3 is 2.44 bits per heavy atom.